The summed E-state index contributed by atoms with van der Waals surface area (Å²) in [6.45, 7) is 3.43. The number of nitrogens with zero attached hydrogens (tertiary/aromatic N) is 3. The van der Waals surface area contributed by atoms with Crippen LogP contribution in [0.1, 0.15) is 19.8 Å². The van der Waals surface area contributed by atoms with Crippen molar-refractivity contribution >= 4 is 16.7 Å². The number of hydrogen-bond acceptors (Lipinski definition) is 4. The van der Waals surface area contributed by atoms with Gasteiger partial charge in [-0.15, -0.1) is 0 Å². The van der Waals surface area contributed by atoms with Gasteiger partial charge in [0.15, 0.2) is 0 Å². The molecule has 94 valence electrons. The van der Waals surface area contributed by atoms with Crippen molar-refractivity contribution in [1.29, 1.82) is 0 Å². The van der Waals surface area contributed by atoms with Gasteiger partial charge in [0.25, 0.3) is 0 Å². The molecule has 1 N–H and O–H groups in total. The van der Waals surface area contributed by atoms with Crippen LogP contribution in [0.4, 0.5) is 5.82 Å². The van der Waals surface area contributed by atoms with Crippen LogP contribution >= 0.6 is 0 Å². The Morgan fingerprint density at radius 1 is 1.28 bits per heavy atom. The summed E-state index contributed by atoms with van der Waals surface area (Å²) in [5.74, 6) is 0.932. The predicted octanol–water partition coefficient (Wildman–Crippen LogP) is 1.98. The van der Waals surface area contributed by atoms with Gasteiger partial charge in [-0.1, -0.05) is 25.5 Å². The number of benzene rings is 1. The van der Waals surface area contributed by atoms with Crippen LogP contribution < -0.4 is 4.90 Å². The molecule has 2 heterocycles. The number of fused-ring (bicyclic) bond motifs is 1. The zero-order chi connectivity index (χ0) is 12.6. The molecular formula is C14H17N3O. The standard InChI is InChI=1S/C14H17N3O/c1-2-7-14(18)8-17(9-14)13-11-5-3-4-6-12(11)15-10-16-13/h3-6,10,18H,2,7-9H2,1H3. The highest BCUT2D eigenvalue weighted by Crippen LogP contribution is 2.32. The summed E-state index contributed by atoms with van der Waals surface area (Å²) in [4.78, 5) is 10.7. The number of rotatable bonds is 3. The molecule has 2 aromatic rings. The van der Waals surface area contributed by atoms with Gasteiger partial charge in [-0.2, -0.15) is 0 Å². The topological polar surface area (TPSA) is 49.2 Å². The minimum absolute atomic E-state index is 0.527. The number of aromatic nitrogens is 2. The second-order valence-corrected chi connectivity index (χ2v) is 5.04. The molecule has 0 atom stereocenters. The molecule has 1 saturated heterocycles. The average Bonchev–Trinajstić information content (AvgIpc) is 2.35. The Morgan fingerprint density at radius 3 is 2.83 bits per heavy atom. The minimum Gasteiger partial charge on any atom is -0.386 e. The van der Waals surface area contributed by atoms with Gasteiger partial charge in [0.05, 0.1) is 11.1 Å². The predicted molar refractivity (Wildman–Crippen MR) is 71.6 cm³/mol. The molecule has 4 heteroatoms. The lowest BCUT2D eigenvalue weighted by Crippen LogP contribution is -2.62. The molecule has 1 aromatic carbocycles. The van der Waals surface area contributed by atoms with Crippen LogP contribution in [0.15, 0.2) is 30.6 Å². The Kier molecular flexibility index (Phi) is 2.67. The summed E-state index contributed by atoms with van der Waals surface area (Å²) in [6.07, 6.45) is 3.45. The summed E-state index contributed by atoms with van der Waals surface area (Å²) >= 11 is 0. The highest BCUT2D eigenvalue weighted by Gasteiger charge is 2.41. The normalized spacial score (nSPS) is 17.8. The first-order chi connectivity index (χ1) is 8.72. The molecule has 0 saturated carbocycles. The van der Waals surface area contributed by atoms with E-state index in [0.717, 1.165) is 29.6 Å². The molecule has 0 spiro atoms. The second-order valence-electron chi connectivity index (χ2n) is 5.04. The molecule has 1 aliphatic heterocycles. The highest BCUT2D eigenvalue weighted by atomic mass is 16.3. The summed E-state index contributed by atoms with van der Waals surface area (Å²) in [6, 6.07) is 7.98. The van der Waals surface area contributed by atoms with Gasteiger partial charge in [-0.25, -0.2) is 9.97 Å². The zero-order valence-corrected chi connectivity index (χ0v) is 10.5. The fourth-order valence-electron chi connectivity index (χ4n) is 2.68. The maximum Gasteiger partial charge on any atom is 0.140 e. The van der Waals surface area contributed by atoms with Crippen LogP contribution in [0, 0.1) is 0 Å². The smallest absolute Gasteiger partial charge is 0.140 e. The van der Waals surface area contributed by atoms with Gasteiger partial charge < -0.3 is 10.0 Å². The van der Waals surface area contributed by atoms with Gasteiger partial charge >= 0.3 is 0 Å². The summed E-state index contributed by atoms with van der Waals surface area (Å²) in [7, 11) is 0. The number of para-hydroxylation sites is 1. The fourth-order valence-corrected chi connectivity index (χ4v) is 2.68. The Labute approximate surface area is 106 Å². The number of β-amino-alcohol motifs (C(OH)–C–C–N with tert-alkyl or cyclic N) is 1. The largest absolute Gasteiger partial charge is 0.386 e. The molecule has 0 aliphatic carbocycles. The van der Waals surface area contributed by atoms with Crippen LogP contribution in [-0.4, -0.2) is 33.8 Å². The quantitative estimate of drug-likeness (QED) is 0.895. The van der Waals surface area contributed by atoms with E-state index in [1.807, 2.05) is 24.3 Å². The van der Waals surface area contributed by atoms with Crippen molar-refractivity contribution in [1.82, 2.24) is 9.97 Å². The molecule has 0 amide bonds. The van der Waals surface area contributed by atoms with E-state index in [9.17, 15) is 5.11 Å². The fraction of sp³-hybridized carbons (Fsp3) is 0.429. The van der Waals surface area contributed by atoms with E-state index >= 15 is 0 Å². The van der Waals surface area contributed by atoms with E-state index in [0.29, 0.717) is 13.1 Å². The van der Waals surface area contributed by atoms with Crippen molar-refractivity contribution < 1.29 is 5.11 Å². The van der Waals surface area contributed by atoms with E-state index in [4.69, 9.17) is 0 Å². The molecule has 1 aromatic heterocycles. The third-order valence-corrected chi connectivity index (χ3v) is 3.51. The van der Waals surface area contributed by atoms with Crippen LogP contribution in [0.2, 0.25) is 0 Å². The van der Waals surface area contributed by atoms with Gasteiger partial charge in [0.2, 0.25) is 0 Å². The van der Waals surface area contributed by atoms with Crippen molar-refractivity contribution in [3.8, 4) is 0 Å². The van der Waals surface area contributed by atoms with Gasteiger partial charge in [-0.3, -0.25) is 0 Å². The van der Waals surface area contributed by atoms with Crippen LogP contribution in [0.25, 0.3) is 10.9 Å². The van der Waals surface area contributed by atoms with Gasteiger partial charge in [-0.05, 0) is 18.6 Å². The lowest BCUT2D eigenvalue weighted by Gasteiger charge is -2.47. The molecule has 0 radical (unpaired) electrons. The van der Waals surface area contributed by atoms with Crippen LogP contribution in [-0.2, 0) is 0 Å². The summed E-state index contributed by atoms with van der Waals surface area (Å²) in [5, 5.41) is 11.3. The van der Waals surface area contributed by atoms with Crippen molar-refractivity contribution in [3.63, 3.8) is 0 Å². The Bertz CT molecular complexity index is 558. The Hall–Kier alpha value is -1.68. The van der Waals surface area contributed by atoms with Gasteiger partial charge in [0, 0.05) is 18.5 Å². The second kappa shape index (κ2) is 4.21. The SMILES string of the molecule is CCCC1(O)CN(c2ncnc3ccccc23)C1. The van der Waals surface area contributed by atoms with E-state index in [2.05, 4.69) is 21.8 Å². The maximum absolute atomic E-state index is 10.2. The lowest BCUT2D eigenvalue weighted by atomic mass is 9.89. The molecule has 4 nitrogen and oxygen atoms in total. The summed E-state index contributed by atoms with van der Waals surface area (Å²) < 4.78 is 0. The van der Waals surface area contributed by atoms with Crippen LogP contribution in [0.5, 0.6) is 0 Å². The number of hydrogen-bond donors (Lipinski definition) is 1. The Balaban J connectivity index is 1.89. The molecule has 1 aliphatic rings. The first kappa shape index (κ1) is 11.4. The third-order valence-electron chi connectivity index (χ3n) is 3.51. The number of aliphatic hydroxyl groups is 1. The molecule has 1 fully saturated rings. The molecule has 3 rings (SSSR count). The van der Waals surface area contributed by atoms with Crippen LogP contribution in [0.3, 0.4) is 0 Å². The lowest BCUT2D eigenvalue weighted by molar-refractivity contribution is 0.00311. The average molecular weight is 243 g/mol. The zero-order valence-electron chi connectivity index (χ0n) is 10.5. The molecule has 18 heavy (non-hydrogen) atoms. The summed E-state index contributed by atoms with van der Waals surface area (Å²) in [5.41, 5.74) is 0.425. The minimum atomic E-state index is -0.527. The van der Waals surface area contributed by atoms with E-state index in [1.54, 1.807) is 6.33 Å². The third kappa shape index (κ3) is 1.82. The van der Waals surface area contributed by atoms with Crippen molar-refractivity contribution in [2.45, 2.75) is 25.4 Å². The molecule has 0 bridgehead atoms. The first-order valence-electron chi connectivity index (χ1n) is 6.39. The van der Waals surface area contributed by atoms with E-state index < -0.39 is 5.60 Å². The van der Waals surface area contributed by atoms with Gasteiger partial charge in [0.1, 0.15) is 12.1 Å². The van der Waals surface area contributed by atoms with Crippen molar-refractivity contribution in [3.05, 3.63) is 30.6 Å². The van der Waals surface area contributed by atoms with Crippen molar-refractivity contribution in [2.24, 2.45) is 0 Å². The monoisotopic (exact) mass is 243 g/mol. The van der Waals surface area contributed by atoms with E-state index in [-0.39, 0.29) is 0 Å². The van der Waals surface area contributed by atoms with E-state index in [1.165, 1.54) is 0 Å². The number of anilines is 1. The highest BCUT2D eigenvalue weighted by molar-refractivity contribution is 5.89. The Morgan fingerprint density at radius 2 is 2.06 bits per heavy atom. The van der Waals surface area contributed by atoms with Crippen molar-refractivity contribution in [2.75, 3.05) is 18.0 Å². The maximum atomic E-state index is 10.2. The first-order valence-corrected chi connectivity index (χ1v) is 6.39. The molecular weight excluding hydrogens is 226 g/mol. The molecule has 0 unspecified atom stereocenters.